The molecule has 2 aromatic carbocycles. The largest absolute Gasteiger partial charge is 0.490 e. The summed E-state index contributed by atoms with van der Waals surface area (Å²) in [4.78, 5) is 0. The fraction of sp³-hybridized carbons (Fsp3) is 0.333. The second-order valence-electron chi connectivity index (χ2n) is 7.09. The van der Waals surface area contributed by atoms with Crippen molar-refractivity contribution in [1.82, 2.24) is 15.1 Å². The Labute approximate surface area is 189 Å². The molecule has 0 saturated carbocycles. The van der Waals surface area contributed by atoms with E-state index in [1.807, 2.05) is 61.9 Å². The van der Waals surface area contributed by atoms with E-state index >= 15 is 0 Å². The lowest BCUT2D eigenvalue weighted by molar-refractivity contribution is 0.287. The number of nitrogens with one attached hydrogen (secondary N) is 2. The predicted octanol–water partition coefficient (Wildman–Crippen LogP) is 4.57. The first-order chi connectivity index (χ1) is 15.1. The number of aromatic nitrogens is 2. The summed E-state index contributed by atoms with van der Waals surface area (Å²) in [5.74, 6) is 2.30. The third-order valence-electron chi connectivity index (χ3n) is 4.70. The van der Waals surface area contributed by atoms with Crippen LogP contribution in [0.2, 0.25) is 0 Å². The van der Waals surface area contributed by atoms with E-state index in [0.29, 0.717) is 24.9 Å². The molecular weight excluding hydrogens is 408 g/mol. The predicted molar refractivity (Wildman–Crippen MR) is 129 cm³/mol. The Morgan fingerprint density at radius 3 is 2.45 bits per heavy atom. The second kappa shape index (κ2) is 11.4. The van der Waals surface area contributed by atoms with Crippen molar-refractivity contribution in [2.24, 2.45) is 0 Å². The van der Waals surface area contributed by atoms with Crippen LogP contribution in [0.5, 0.6) is 11.5 Å². The lowest BCUT2D eigenvalue weighted by Gasteiger charge is -2.13. The van der Waals surface area contributed by atoms with Gasteiger partial charge in [0.25, 0.3) is 0 Å². The molecule has 3 aromatic rings. The first-order valence-corrected chi connectivity index (χ1v) is 11.0. The van der Waals surface area contributed by atoms with Crippen LogP contribution in [0.25, 0.3) is 0 Å². The molecule has 3 rings (SSSR count). The highest BCUT2D eigenvalue weighted by Gasteiger charge is 2.08. The number of hydrogen-bond acceptors (Lipinski definition) is 4. The van der Waals surface area contributed by atoms with E-state index in [1.54, 1.807) is 0 Å². The lowest BCUT2D eigenvalue weighted by atomic mass is 10.1. The summed E-state index contributed by atoms with van der Waals surface area (Å²) in [6.07, 6.45) is 0.815. The number of benzene rings is 2. The highest BCUT2D eigenvalue weighted by molar-refractivity contribution is 7.80. The van der Waals surface area contributed by atoms with Gasteiger partial charge >= 0.3 is 0 Å². The SMILES string of the molecule is CCOc1ccc(CCNC(=S)Nc2cc(C)n(Cc3ccccc3)n2)cc1OCC. The number of rotatable bonds is 10. The van der Waals surface area contributed by atoms with Gasteiger partial charge in [0, 0.05) is 18.3 Å². The first-order valence-electron chi connectivity index (χ1n) is 10.6. The van der Waals surface area contributed by atoms with Gasteiger partial charge in [0.05, 0.1) is 19.8 Å². The van der Waals surface area contributed by atoms with Crippen LogP contribution in [0.1, 0.15) is 30.7 Å². The van der Waals surface area contributed by atoms with E-state index in [-0.39, 0.29) is 0 Å². The maximum atomic E-state index is 5.70. The summed E-state index contributed by atoms with van der Waals surface area (Å²) < 4.78 is 13.3. The van der Waals surface area contributed by atoms with Gasteiger partial charge in [-0.2, -0.15) is 5.10 Å². The number of anilines is 1. The summed E-state index contributed by atoms with van der Waals surface area (Å²) in [6, 6.07) is 18.3. The number of nitrogens with zero attached hydrogens (tertiary/aromatic N) is 2. The Bertz CT molecular complexity index is 988. The van der Waals surface area contributed by atoms with Crippen LogP contribution >= 0.6 is 12.2 Å². The lowest BCUT2D eigenvalue weighted by Crippen LogP contribution is -2.30. The van der Waals surface area contributed by atoms with Gasteiger partial charge in [-0.25, -0.2) is 0 Å². The Morgan fingerprint density at radius 2 is 1.71 bits per heavy atom. The van der Waals surface area contributed by atoms with E-state index < -0.39 is 0 Å². The summed E-state index contributed by atoms with van der Waals surface area (Å²) in [7, 11) is 0. The van der Waals surface area contributed by atoms with Crippen LogP contribution in [0.3, 0.4) is 0 Å². The molecule has 0 bridgehead atoms. The highest BCUT2D eigenvalue weighted by Crippen LogP contribution is 2.28. The molecule has 0 aliphatic heterocycles. The third-order valence-corrected chi connectivity index (χ3v) is 4.95. The fourth-order valence-corrected chi connectivity index (χ4v) is 3.43. The van der Waals surface area contributed by atoms with Crippen molar-refractivity contribution in [3.8, 4) is 11.5 Å². The monoisotopic (exact) mass is 438 g/mol. The van der Waals surface area contributed by atoms with Gasteiger partial charge in [-0.05, 0) is 62.7 Å². The minimum absolute atomic E-state index is 0.556. The Morgan fingerprint density at radius 1 is 0.968 bits per heavy atom. The zero-order chi connectivity index (χ0) is 22.1. The van der Waals surface area contributed by atoms with Gasteiger partial charge in [0.1, 0.15) is 0 Å². The molecule has 31 heavy (non-hydrogen) atoms. The van der Waals surface area contributed by atoms with Gasteiger partial charge in [0.15, 0.2) is 22.4 Å². The molecule has 0 unspecified atom stereocenters. The quantitative estimate of drug-likeness (QED) is 0.452. The molecule has 0 atom stereocenters. The number of ether oxygens (including phenoxy) is 2. The molecule has 0 saturated heterocycles. The van der Waals surface area contributed by atoms with Gasteiger partial charge < -0.3 is 20.1 Å². The molecule has 7 heteroatoms. The molecule has 0 fully saturated rings. The molecule has 0 spiro atoms. The second-order valence-corrected chi connectivity index (χ2v) is 7.50. The number of thiocarbonyl (C=S) groups is 1. The van der Waals surface area contributed by atoms with Crippen LogP contribution in [0, 0.1) is 6.92 Å². The average Bonchev–Trinajstić information content (AvgIpc) is 3.09. The van der Waals surface area contributed by atoms with Crippen molar-refractivity contribution in [1.29, 1.82) is 0 Å². The Hall–Kier alpha value is -3.06. The Kier molecular flexibility index (Phi) is 8.29. The van der Waals surface area contributed by atoms with Gasteiger partial charge in [-0.1, -0.05) is 36.4 Å². The maximum Gasteiger partial charge on any atom is 0.172 e. The van der Waals surface area contributed by atoms with Crippen molar-refractivity contribution in [2.45, 2.75) is 33.7 Å². The molecule has 1 aromatic heterocycles. The average molecular weight is 439 g/mol. The van der Waals surface area contributed by atoms with Crippen molar-refractivity contribution >= 4 is 23.1 Å². The molecule has 164 valence electrons. The van der Waals surface area contributed by atoms with Crippen molar-refractivity contribution < 1.29 is 9.47 Å². The summed E-state index contributed by atoms with van der Waals surface area (Å²) in [6.45, 7) is 8.63. The first kappa shape index (κ1) is 22.6. The third kappa shape index (κ3) is 6.72. The van der Waals surface area contributed by atoms with E-state index in [1.165, 1.54) is 5.56 Å². The minimum atomic E-state index is 0.556. The molecule has 0 radical (unpaired) electrons. The fourth-order valence-electron chi connectivity index (χ4n) is 3.22. The highest BCUT2D eigenvalue weighted by atomic mass is 32.1. The van der Waals surface area contributed by atoms with E-state index in [2.05, 4.69) is 33.9 Å². The molecule has 6 nitrogen and oxygen atoms in total. The maximum absolute atomic E-state index is 5.70. The van der Waals surface area contributed by atoms with Crippen LogP contribution in [0.15, 0.2) is 54.6 Å². The molecule has 0 aliphatic carbocycles. The topological polar surface area (TPSA) is 60.3 Å². The molecule has 0 aliphatic rings. The molecule has 0 amide bonds. The summed E-state index contributed by atoms with van der Waals surface area (Å²) >= 11 is 5.44. The van der Waals surface area contributed by atoms with Crippen molar-refractivity contribution in [3.63, 3.8) is 0 Å². The normalized spacial score (nSPS) is 10.5. The van der Waals surface area contributed by atoms with Crippen LogP contribution in [-0.4, -0.2) is 34.7 Å². The summed E-state index contributed by atoms with van der Waals surface area (Å²) in [5.41, 5.74) is 3.44. The smallest absolute Gasteiger partial charge is 0.172 e. The van der Waals surface area contributed by atoms with Gasteiger partial charge in [-0.15, -0.1) is 0 Å². The zero-order valence-corrected chi connectivity index (χ0v) is 19.2. The van der Waals surface area contributed by atoms with E-state index in [9.17, 15) is 0 Å². The molecular formula is C24H30N4O2S. The Balaban J connectivity index is 1.50. The van der Waals surface area contributed by atoms with Crippen LogP contribution in [0.4, 0.5) is 5.82 Å². The van der Waals surface area contributed by atoms with Gasteiger partial charge in [0.2, 0.25) is 0 Å². The van der Waals surface area contributed by atoms with Gasteiger partial charge in [-0.3, -0.25) is 4.68 Å². The van der Waals surface area contributed by atoms with Crippen LogP contribution < -0.4 is 20.1 Å². The standard InChI is InChI=1S/C24H30N4O2S/c1-4-29-21-12-11-19(16-22(21)30-5-2)13-14-25-24(31)26-23-15-18(3)28(27-23)17-20-9-7-6-8-10-20/h6-12,15-16H,4-5,13-14,17H2,1-3H3,(H2,25,26,27,31). The summed E-state index contributed by atoms with van der Waals surface area (Å²) in [5, 5.41) is 11.6. The minimum Gasteiger partial charge on any atom is -0.490 e. The van der Waals surface area contributed by atoms with Crippen molar-refractivity contribution in [3.05, 3.63) is 71.4 Å². The molecule has 1 heterocycles. The number of aryl methyl sites for hydroxylation is 1. The zero-order valence-electron chi connectivity index (χ0n) is 18.4. The van der Waals surface area contributed by atoms with Crippen LogP contribution in [-0.2, 0) is 13.0 Å². The van der Waals surface area contributed by atoms with Crippen molar-refractivity contribution in [2.75, 3.05) is 25.1 Å². The van der Waals surface area contributed by atoms with E-state index in [4.69, 9.17) is 21.7 Å². The van der Waals surface area contributed by atoms with E-state index in [0.717, 1.165) is 41.5 Å². The molecule has 2 N–H and O–H groups in total. The number of hydrogen-bond donors (Lipinski definition) is 2.